The first kappa shape index (κ1) is 19.5. The summed E-state index contributed by atoms with van der Waals surface area (Å²) in [4.78, 5) is 12.4. The smallest absolute Gasteiger partial charge is 0.223 e. The van der Waals surface area contributed by atoms with E-state index in [1.807, 2.05) is 24.4 Å². The predicted octanol–water partition coefficient (Wildman–Crippen LogP) is 4.55. The van der Waals surface area contributed by atoms with Crippen molar-refractivity contribution in [3.05, 3.63) is 82.6 Å². The van der Waals surface area contributed by atoms with E-state index in [4.69, 9.17) is 16.3 Å². The van der Waals surface area contributed by atoms with E-state index in [0.717, 1.165) is 31.4 Å². The summed E-state index contributed by atoms with van der Waals surface area (Å²) in [5.74, 6) is 0.706. The third-order valence-corrected chi connectivity index (χ3v) is 5.44. The molecule has 150 valence electrons. The summed E-state index contributed by atoms with van der Waals surface area (Å²) >= 11 is 5.87. The van der Waals surface area contributed by atoms with E-state index in [0.29, 0.717) is 23.8 Å². The van der Waals surface area contributed by atoms with Gasteiger partial charge in [0.05, 0.1) is 31.8 Å². The fourth-order valence-electron chi connectivity index (χ4n) is 3.72. The van der Waals surface area contributed by atoms with Crippen LogP contribution in [-0.4, -0.2) is 22.3 Å². The van der Waals surface area contributed by atoms with Crippen molar-refractivity contribution in [2.24, 2.45) is 0 Å². The van der Waals surface area contributed by atoms with Gasteiger partial charge in [0, 0.05) is 16.3 Å². The van der Waals surface area contributed by atoms with E-state index in [1.165, 1.54) is 11.3 Å². The van der Waals surface area contributed by atoms with Crippen LogP contribution in [0.25, 0.3) is 0 Å². The van der Waals surface area contributed by atoms with E-state index in [-0.39, 0.29) is 11.9 Å². The summed E-state index contributed by atoms with van der Waals surface area (Å²) in [5.41, 5.74) is 3.59. The summed E-state index contributed by atoms with van der Waals surface area (Å²) in [6, 6.07) is 17.5. The van der Waals surface area contributed by atoms with Crippen LogP contribution >= 0.6 is 11.6 Å². The number of amides is 1. The molecule has 1 N–H and O–H groups in total. The number of aromatic nitrogens is 2. The Morgan fingerprint density at radius 3 is 2.76 bits per heavy atom. The Hall–Kier alpha value is -2.79. The van der Waals surface area contributed by atoms with Crippen LogP contribution in [0.1, 0.15) is 42.1 Å². The van der Waals surface area contributed by atoms with Gasteiger partial charge in [-0.05, 0) is 49.1 Å². The van der Waals surface area contributed by atoms with Crippen molar-refractivity contribution in [1.82, 2.24) is 15.1 Å². The normalized spacial score (nSPS) is 15.6. The molecule has 6 heteroatoms. The standard InChI is InChI=1S/C23H24ClN3O2/c24-18-9-11-19(12-10-18)29-14-13-23(28)26-21-7-4-8-22-20(21)15-25-27(22)16-17-5-2-1-3-6-17/h1-3,5-6,9-12,15,21H,4,7-8,13-14,16H2,(H,26,28)/t21-/m1/s1. The molecule has 1 aliphatic rings. The third-order valence-electron chi connectivity index (χ3n) is 5.18. The number of benzene rings is 2. The molecule has 29 heavy (non-hydrogen) atoms. The molecular weight excluding hydrogens is 386 g/mol. The molecule has 5 nitrogen and oxygen atoms in total. The van der Waals surface area contributed by atoms with Gasteiger partial charge in [-0.25, -0.2) is 0 Å². The molecule has 0 saturated heterocycles. The average Bonchev–Trinajstić information content (AvgIpc) is 3.14. The van der Waals surface area contributed by atoms with Crippen LogP contribution < -0.4 is 10.1 Å². The second-order valence-electron chi connectivity index (χ2n) is 7.25. The lowest BCUT2D eigenvalue weighted by molar-refractivity contribution is -0.122. The van der Waals surface area contributed by atoms with Gasteiger partial charge in [-0.15, -0.1) is 0 Å². The van der Waals surface area contributed by atoms with Gasteiger partial charge in [0.15, 0.2) is 0 Å². The number of hydrogen-bond donors (Lipinski definition) is 1. The molecule has 0 unspecified atom stereocenters. The molecule has 0 aliphatic heterocycles. The summed E-state index contributed by atoms with van der Waals surface area (Å²) in [7, 11) is 0. The number of halogens is 1. The van der Waals surface area contributed by atoms with Gasteiger partial charge < -0.3 is 10.1 Å². The Bertz CT molecular complexity index is 954. The minimum absolute atomic E-state index is 0.00683. The first-order valence-corrected chi connectivity index (χ1v) is 10.3. The fourth-order valence-corrected chi connectivity index (χ4v) is 3.85. The summed E-state index contributed by atoms with van der Waals surface area (Å²) in [5, 5.41) is 8.41. The van der Waals surface area contributed by atoms with Gasteiger partial charge in [0.1, 0.15) is 5.75 Å². The molecule has 2 aromatic carbocycles. The van der Waals surface area contributed by atoms with Crippen LogP contribution in [0.5, 0.6) is 5.75 Å². The molecule has 0 radical (unpaired) electrons. The maximum absolute atomic E-state index is 12.4. The number of fused-ring (bicyclic) bond motifs is 1. The van der Waals surface area contributed by atoms with E-state index in [2.05, 4.69) is 27.2 Å². The van der Waals surface area contributed by atoms with Crippen LogP contribution in [0.2, 0.25) is 5.02 Å². The maximum Gasteiger partial charge on any atom is 0.223 e. The topological polar surface area (TPSA) is 56.1 Å². The van der Waals surface area contributed by atoms with E-state index >= 15 is 0 Å². The molecule has 1 heterocycles. The van der Waals surface area contributed by atoms with Gasteiger partial charge in [0.2, 0.25) is 5.91 Å². The average molecular weight is 410 g/mol. The molecule has 3 aromatic rings. The number of carbonyl (C=O) groups is 1. The minimum atomic E-state index is -0.00683. The number of nitrogens with zero attached hydrogens (tertiary/aromatic N) is 2. The van der Waals surface area contributed by atoms with Gasteiger partial charge in [-0.1, -0.05) is 41.9 Å². The van der Waals surface area contributed by atoms with Crippen molar-refractivity contribution in [3.8, 4) is 5.75 Å². The second kappa shape index (κ2) is 9.14. The highest BCUT2D eigenvalue weighted by Crippen LogP contribution is 2.30. The number of ether oxygens (including phenoxy) is 1. The highest BCUT2D eigenvalue weighted by atomic mass is 35.5. The molecule has 1 aromatic heterocycles. The lowest BCUT2D eigenvalue weighted by Crippen LogP contribution is -2.31. The molecule has 1 amide bonds. The number of hydrogen-bond acceptors (Lipinski definition) is 3. The molecule has 0 spiro atoms. The Labute approximate surface area is 175 Å². The number of nitrogens with one attached hydrogen (secondary N) is 1. The van der Waals surface area contributed by atoms with Crippen molar-refractivity contribution in [1.29, 1.82) is 0 Å². The van der Waals surface area contributed by atoms with Crippen molar-refractivity contribution < 1.29 is 9.53 Å². The van der Waals surface area contributed by atoms with Crippen molar-refractivity contribution in [3.63, 3.8) is 0 Å². The summed E-state index contributed by atoms with van der Waals surface area (Å²) in [6.45, 7) is 1.09. The summed E-state index contributed by atoms with van der Waals surface area (Å²) in [6.07, 6.45) is 5.20. The first-order chi connectivity index (χ1) is 14.2. The predicted molar refractivity (Wildman–Crippen MR) is 113 cm³/mol. The van der Waals surface area contributed by atoms with Gasteiger partial charge in [-0.3, -0.25) is 9.48 Å². The molecular formula is C23H24ClN3O2. The van der Waals surface area contributed by atoms with Crippen LogP contribution in [0, 0.1) is 0 Å². The number of rotatable bonds is 7. The quantitative estimate of drug-likeness (QED) is 0.622. The SMILES string of the molecule is O=C(CCOc1ccc(Cl)cc1)N[C@@H]1CCCc2c1cnn2Cc1ccccc1. The zero-order valence-electron chi connectivity index (χ0n) is 16.2. The van der Waals surface area contributed by atoms with E-state index in [1.54, 1.807) is 24.3 Å². The lowest BCUT2D eigenvalue weighted by Gasteiger charge is -2.24. The second-order valence-corrected chi connectivity index (χ2v) is 7.69. The molecule has 4 rings (SSSR count). The highest BCUT2D eigenvalue weighted by Gasteiger charge is 2.25. The third kappa shape index (κ3) is 4.98. The van der Waals surface area contributed by atoms with Crippen molar-refractivity contribution in [2.45, 2.75) is 38.3 Å². The minimum Gasteiger partial charge on any atom is -0.493 e. The maximum atomic E-state index is 12.4. The summed E-state index contributed by atoms with van der Waals surface area (Å²) < 4.78 is 7.69. The first-order valence-electron chi connectivity index (χ1n) is 9.95. The molecule has 0 bridgehead atoms. The van der Waals surface area contributed by atoms with E-state index in [9.17, 15) is 4.79 Å². The van der Waals surface area contributed by atoms with Crippen LogP contribution in [-0.2, 0) is 17.8 Å². The van der Waals surface area contributed by atoms with Gasteiger partial charge in [-0.2, -0.15) is 5.10 Å². The van der Waals surface area contributed by atoms with Crippen molar-refractivity contribution in [2.75, 3.05) is 6.61 Å². The van der Waals surface area contributed by atoms with E-state index < -0.39 is 0 Å². The fraction of sp³-hybridized carbons (Fsp3) is 0.304. The lowest BCUT2D eigenvalue weighted by atomic mass is 9.92. The molecule has 1 aliphatic carbocycles. The zero-order chi connectivity index (χ0) is 20.1. The molecule has 0 fully saturated rings. The van der Waals surface area contributed by atoms with Gasteiger partial charge in [0.25, 0.3) is 0 Å². The highest BCUT2D eigenvalue weighted by molar-refractivity contribution is 6.30. The largest absolute Gasteiger partial charge is 0.493 e. The van der Waals surface area contributed by atoms with Crippen molar-refractivity contribution >= 4 is 17.5 Å². The Kier molecular flexibility index (Phi) is 6.15. The van der Waals surface area contributed by atoms with Gasteiger partial charge >= 0.3 is 0 Å². The Morgan fingerprint density at radius 1 is 1.17 bits per heavy atom. The van der Waals surface area contributed by atoms with Crippen LogP contribution in [0.3, 0.4) is 0 Å². The zero-order valence-corrected chi connectivity index (χ0v) is 16.9. The molecule has 0 saturated carbocycles. The van der Waals surface area contributed by atoms with Crippen LogP contribution in [0.15, 0.2) is 60.8 Å². The van der Waals surface area contributed by atoms with Crippen LogP contribution in [0.4, 0.5) is 0 Å². The molecule has 1 atom stereocenters. The Balaban J connectivity index is 1.33. The number of carbonyl (C=O) groups excluding carboxylic acids is 1. The Morgan fingerprint density at radius 2 is 1.97 bits per heavy atom. The monoisotopic (exact) mass is 409 g/mol.